The molecule has 4 aliphatic heterocycles. The predicted octanol–water partition coefficient (Wildman–Crippen LogP) is 4.37. The number of aromatic hydroxyl groups is 1. The Morgan fingerprint density at radius 2 is 2.02 bits per heavy atom. The molecule has 13 nitrogen and oxygen atoms in total. The van der Waals surface area contributed by atoms with E-state index in [0.717, 1.165) is 64.8 Å². The number of hydrogen-bond donors (Lipinski definition) is 4. The molecule has 1 saturated heterocycles. The highest BCUT2D eigenvalue weighted by Gasteiger charge is 2.59. The number of aryl methyl sites for hydroxylation is 1. The molecular formula is C47H45N2O11+. The van der Waals surface area contributed by atoms with E-state index in [1.165, 1.54) is 18.1 Å². The number of amides is 1. The van der Waals surface area contributed by atoms with E-state index in [2.05, 4.69) is 17.0 Å². The minimum absolute atomic E-state index is 0.00486. The van der Waals surface area contributed by atoms with E-state index in [1.54, 1.807) is 18.3 Å². The van der Waals surface area contributed by atoms with Crippen molar-refractivity contribution in [2.24, 2.45) is 10.9 Å². The maximum Gasteiger partial charge on any atom is 0.254 e. The number of benzene rings is 3. The van der Waals surface area contributed by atoms with Crippen LogP contribution in [-0.2, 0) is 33.6 Å². The molecule has 0 spiro atoms. The van der Waals surface area contributed by atoms with Gasteiger partial charge in [-0.25, -0.2) is 0 Å². The molecule has 0 aromatic heterocycles. The molecule has 0 radical (unpaired) electrons. The van der Waals surface area contributed by atoms with Crippen molar-refractivity contribution in [1.82, 2.24) is 4.90 Å². The van der Waals surface area contributed by atoms with Gasteiger partial charge in [0.1, 0.15) is 47.7 Å². The minimum Gasteiger partial charge on any atom is -0.506 e. The van der Waals surface area contributed by atoms with Crippen LogP contribution in [0, 0.1) is 24.4 Å². The molecule has 1 amide bonds. The zero-order valence-electron chi connectivity index (χ0n) is 33.1. The average molecular weight is 814 g/mol. The molecule has 3 aromatic carbocycles. The van der Waals surface area contributed by atoms with Crippen LogP contribution in [-0.4, -0.2) is 107 Å². The summed E-state index contributed by atoms with van der Waals surface area (Å²) in [5.41, 5.74) is 3.94. The number of rotatable bonds is 6. The van der Waals surface area contributed by atoms with Crippen molar-refractivity contribution in [2.75, 3.05) is 33.5 Å². The van der Waals surface area contributed by atoms with E-state index in [1.807, 2.05) is 36.8 Å². The second-order valence-electron chi connectivity index (χ2n) is 16.6. The van der Waals surface area contributed by atoms with Crippen LogP contribution in [0.3, 0.4) is 0 Å². The van der Waals surface area contributed by atoms with Gasteiger partial charge in [0.05, 0.1) is 49.6 Å². The lowest BCUT2D eigenvalue weighted by Gasteiger charge is -2.47. The maximum absolute atomic E-state index is 14.8. The zero-order chi connectivity index (χ0) is 41.3. The van der Waals surface area contributed by atoms with Crippen LogP contribution in [0.5, 0.6) is 17.2 Å². The van der Waals surface area contributed by atoms with Gasteiger partial charge in [-0.15, -0.1) is 0 Å². The number of ketones is 1. The predicted molar refractivity (Wildman–Crippen MR) is 218 cm³/mol. The Labute approximate surface area is 346 Å². The topological polar surface area (TPSA) is 177 Å². The summed E-state index contributed by atoms with van der Waals surface area (Å²) in [6, 6.07) is 8.67. The number of phenols is 1. The van der Waals surface area contributed by atoms with Crippen LogP contribution in [0.1, 0.15) is 74.6 Å². The highest BCUT2D eigenvalue weighted by Crippen LogP contribution is 2.54. The van der Waals surface area contributed by atoms with Crippen molar-refractivity contribution in [3.63, 3.8) is 0 Å². The monoisotopic (exact) mass is 813 g/mol. The van der Waals surface area contributed by atoms with Gasteiger partial charge in [-0.1, -0.05) is 24.5 Å². The zero-order valence-corrected chi connectivity index (χ0v) is 33.1. The molecular weight excluding hydrogens is 769 g/mol. The molecule has 2 fully saturated rings. The van der Waals surface area contributed by atoms with Crippen molar-refractivity contribution in [3.8, 4) is 29.3 Å². The molecule has 7 unspecified atom stereocenters. The molecule has 6 bridgehead atoms. The number of aliphatic imine (C=N–C) groups is 1. The number of nitrogens with zero attached hydrogens (tertiary/aromatic N) is 2. The van der Waals surface area contributed by atoms with Gasteiger partial charge in [0.15, 0.2) is 23.2 Å². The number of hydrogen-bond acceptors (Lipinski definition) is 12. The van der Waals surface area contributed by atoms with Gasteiger partial charge in [0, 0.05) is 49.2 Å². The number of Topliss-reactive ketones (excluding diaryl/α,β-unsaturated/α-hetero) is 1. The van der Waals surface area contributed by atoms with E-state index < -0.39 is 42.6 Å². The van der Waals surface area contributed by atoms with Crippen molar-refractivity contribution in [1.29, 1.82) is 0 Å². The molecule has 7 atom stereocenters. The summed E-state index contributed by atoms with van der Waals surface area (Å²) < 4.78 is 30.7. The standard InChI is InChI=1S/C47H44N2O11/c1-56-28-17-33-31-15-14-26-8-4-11-30(26)39(31)41-36(51)21-49-20-34-25(7-5-12-32(34)45(49)54)9-6-16-58-44-42(52)38(23-57-22-27-19-48-35-13-3-2-10-29(27)35)60-46(47(44,55)24-50)59-37(18-28)40(33)43(41)53/h2-3,5,7,10,12-13,17-19,26,30,38,42,44,46,50,52,55H,4,8-9,11,14-15,20-24H2,1H3/p+1. The first kappa shape index (κ1) is 38.6. The third kappa shape index (κ3) is 6.20. The highest BCUT2D eigenvalue weighted by molar-refractivity contribution is 6.12. The number of carbonyl (C=O) groups is 2. The fourth-order valence-corrected chi connectivity index (χ4v) is 10.3. The Balaban J connectivity index is 1.11. The van der Waals surface area contributed by atoms with Crippen LogP contribution in [0.2, 0.25) is 0 Å². The lowest BCUT2D eigenvalue weighted by molar-refractivity contribution is -0.327. The van der Waals surface area contributed by atoms with Crippen molar-refractivity contribution in [3.05, 3.63) is 105 Å². The molecule has 4 heterocycles. The van der Waals surface area contributed by atoms with Gasteiger partial charge >= 0.3 is 0 Å². The first-order valence-corrected chi connectivity index (χ1v) is 20.5. The summed E-state index contributed by atoms with van der Waals surface area (Å²) in [7, 11) is 1.50. The van der Waals surface area contributed by atoms with Gasteiger partial charge < -0.3 is 49.0 Å². The summed E-state index contributed by atoms with van der Waals surface area (Å²) in [5.74, 6) is 2.71. The summed E-state index contributed by atoms with van der Waals surface area (Å²) in [5, 5.41) is 48.4. The Morgan fingerprint density at radius 3 is 2.87 bits per heavy atom. The Hall–Kier alpha value is -5.62. The molecule has 13 heteroatoms. The number of fused-ring (bicyclic) bond motifs is 10. The maximum atomic E-state index is 14.8. The number of carbonyl (C=O) groups excluding carboxylic acids is 2. The van der Waals surface area contributed by atoms with Crippen molar-refractivity contribution in [2.45, 2.75) is 81.2 Å². The highest BCUT2D eigenvalue weighted by atomic mass is 16.7. The third-order valence-electron chi connectivity index (χ3n) is 13.3. The first-order chi connectivity index (χ1) is 29.2. The minimum atomic E-state index is -2.42. The van der Waals surface area contributed by atoms with Gasteiger partial charge in [0.25, 0.3) is 5.91 Å². The number of methoxy groups -OCH3 is 1. The second kappa shape index (κ2) is 15.1. The Morgan fingerprint density at radius 1 is 1.13 bits per heavy atom. The molecule has 3 aliphatic carbocycles. The second-order valence-corrected chi connectivity index (χ2v) is 16.6. The quantitative estimate of drug-likeness (QED) is 0.206. The Kier molecular flexibility index (Phi) is 9.73. The Bertz CT molecular complexity index is 2510. The molecule has 1 saturated carbocycles. The number of allylic oxidation sites excluding steroid dienone is 4. The first-order valence-electron chi connectivity index (χ1n) is 20.5. The largest absolute Gasteiger partial charge is 0.506 e. The van der Waals surface area contributed by atoms with Crippen LogP contribution in [0.25, 0.3) is 10.8 Å². The van der Waals surface area contributed by atoms with Gasteiger partial charge in [0.2, 0.25) is 6.29 Å². The normalized spacial score (nSPS) is 28.8. The number of phenolic OH excluding ortho intramolecular Hbond substituents is 1. The number of ether oxygens (including phenoxy) is 5. The van der Waals surface area contributed by atoms with Gasteiger partial charge in [-0.2, -0.15) is 4.99 Å². The summed E-state index contributed by atoms with van der Waals surface area (Å²) in [4.78, 5) is 34.6. The summed E-state index contributed by atoms with van der Waals surface area (Å²) >= 11 is 0. The van der Waals surface area contributed by atoms with Crippen LogP contribution >= 0.6 is 0 Å². The van der Waals surface area contributed by atoms with Crippen LogP contribution in [0.15, 0.2) is 70.4 Å². The fraction of sp³-hybridized carbons (Fsp3) is 0.404. The van der Waals surface area contributed by atoms with Crippen molar-refractivity contribution >= 4 is 28.7 Å². The van der Waals surface area contributed by atoms with E-state index in [-0.39, 0.29) is 67.0 Å². The summed E-state index contributed by atoms with van der Waals surface area (Å²) in [6.07, 6.45) is 10.5. The van der Waals surface area contributed by atoms with Crippen LogP contribution in [0.4, 0.5) is 0 Å². The lowest BCUT2D eigenvalue weighted by Crippen LogP contribution is -2.70. The van der Waals surface area contributed by atoms with E-state index in [4.69, 9.17) is 23.7 Å². The third-order valence-corrected chi connectivity index (χ3v) is 13.3. The molecule has 60 heavy (non-hydrogen) atoms. The van der Waals surface area contributed by atoms with E-state index >= 15 is 0 Å². The smallest absolute Gasteiger partial charge is 0.254 e. The molecule has 4 N–H and O–H groups in total. The molecule has 7 aliphatic rings. The van der Waals surface area contributed by atoms with Crippen molar-refractivity contribution < 1.29 is 53.7 Å². The van der Waals surface area contributed by atoms with Gasteiger partial charge in [-0.05, 0) is 77.3 Å². The van der Waals surface area contributed by atoms with E-state index in [9.17, 15) is 30.0 Å². The van der Waals surface area contributed by atoms with Crippen LogP contribution < -0.4 is 9.47 Å². The molecule has 3 aromatic rings. The SMILES string of the molecule is COc1cc2c3c(O)c(c4c(c3c1)CCC1CCCC41)C(=O)CN1Cc3c(cccc3C1=O)CC#COC1C(O)C(COCC3=C4[CH+]C=CC=C4N=C3)OC(O2)C1(O)CO. The summed E-state index contributed by atoms with van der Waals surface area (Å²) in [6.45, 7) is -1.12. The number of aliphatic hydroxyl groups is 3. The van der Waals surface area contributed by atoms with Gasteiger partial charge in [-0.3, -0.25) is 9.59 Å². The number of aliphatic hydroxyl groups excluding tert-OH is 2. The lowest BCUT2D eigenvalue weighted by atomic mass is 9.72. The fourth-order valence-electron chi connectivity index (χ4n) is 10.3. The molecule has 308 valence electrons. The average Bonchev–Trinajstić information content (AvgIpc) is 3.99. The van der Waals surface area contributed by atoms with E-state index in [0.29, 0.717) is 29.0 Å². The molecule has 10 rings (SSSR count).